The molecule has 0 heterocycles. The molecule has 1 atom stereocenters. The van der Waals surface area contributed by atoms with Crippen LogP contribution in [0.15, 0.2) is 48.5 Å². The standard InChI is InChI=1S/C21H23NO3/c1-14-8-10-18(11-9-14)12-13-19(23)25-17(4)21(24)22-20-15(2)6-5-7-16(20)3/h5-13,17H,1-4H3,(H,22,24)/b13-12+. The third-order valence-electron chi connectivity index (χ3n) is 3.88. The second kappa shape index (κ2) is 8.29. The zero-order valence-corrected chi connectivity index (χ0v) is 15.0. The fraction of sp³-hybridized carbons (Fsp3) is 0.238. The van der Waals surface area contributed by atoms with Gasteiger partial charge < -0.3 is 10.1 Å². The number of para-hydroxylation sites is 1. The Morgan fingerprint density at radius 1 is 1.00 bits per heavy atom. The lowest BCUT2D eigenvalue weighted by Crippen LogP contribution is -2.30. The van der Waals surface area contributed by atoms with E-state index in [9.17, 15) is 9.59 Å². The average Bonchev–Trinajstić information content (AvgIpc) is 2.57. The molecule has 0 spiro atoms. The Bertz CT molecular complexity index is 771. The maximum absolute atomic E-state index is 12.3. The Kier molecular flexibility index (Phi) is 6.12. The first-order valence-corrected chi connectivity index (χ1v) is 8.19. The molecular formula is C21H23NO3. The highest BCUT2D eigenvalue weighted by molar-refractivity contribution is 5.97. The van der Waals surface area contributed by atoms with E-state index in [1.165, 1.54) is 6.08 Å². The fourth-order valence-corrected chi connectivity index (χ4v) is 2.35. The molecule has 0 radical (unpaired) electrons. The van der Waals surface area contributed by atoms with Crippen molar-refractivity contribution in [1.82, 2.24) is 0 Å². The molecule has 4 nitrogen and oxygen atoms in total. The van der Waals surface area contributed by atoms with E-state index in [-0.39, 0.29) is 5.91 Å². The van der Waals surface area contributed by atoms with Gasteiger partial charge in [0.25, 0.3) is 5.91 Å². The first kappa shape index (κ1) is 18.5. The van der Waals surface area contributed by atoms with Crippen LogP contribution in [-0.4, -0.2) is 18.0 Å². The van der Waals surface area contributed by atoms with Gasteiger partial charge in [0.15, 0.2) is 6.10 Å². The number of carbonyl (C=O) groups excluding carboxylic acids is 2. The highest BCUT2D eigenvalue weighted by atomic mass is 16.5. The van der Waals surface area contributed by atoms with Crippen molar-refractivity contribution in [2.75, 3.05) is 5.32 Å². The van der Waals surface area contributed by atoms with Crippen LogP contribution >= 0.6 is 0 Å². The molecule has 0 aliphatic rings. The van der Waals surface area contributed by atoms with Crippen molar-refractivity contribution in [3.63, 3.8) is 0 Å². The Balaban J connectivity index is 1.94. The van der Waals surface area contributed by atoms with Gasteiger partial charge in [-0.25, -0.2) is 4.79 Å². The smallest absolute Gasteiger partial charge is 0.331 e. The van der Waals surface area contributed by atoms with Crippen molar-refractivity contribution in [3.05, 3.63) is 70.8 Å². The van der Waals surface area contributed by atoms with Crippen molar-refractivity contribution >= 4 is 23.6 Å². The third-order valence-corrected chi connectivity index (χ3v) is 3.88. The van der Waals surface area contributed by atoms with Crippen LogP contribution in [0.3, 0.4) is 0 Å². The highest BCUT2D eigenvalue weighted by Gasteiger charge is 2.18. The fourth-order valence-electron chi connectivity index (χ4n) is 2.35. The topological polar surface area (TPSA) is 55.4 Å². The van der Waals surface area contributed by atoms with Crippen molar-refractivity contribution in [2.45, 2.75) is 33.8 Å². The lowest BCUT2D eigenvalue weighted by atomic mass is 10.1. The Hall–Kier alpha value is -2.88. The van der Waals surface area contributed by atoms with Gasteiger partial charge in [0.1, 0.15) is 0 Å². The number of benzene rings is 2. The molecule has 1 N–H and O–H groups in total. The normalized spacial score (nSPS) is 12.0. The molecule has 0 bridgehead atoms. The minimum atomic E-state index is -0.880. The molecule has 0 saturated heterocycles. The molecule has 25 heavy (non-hydrogen) atoms. The van der Waals surface area contributed by atoms with Gasteiger partial charge in [-0.3, -0.25) is 4.79 Å². The first-order valence-electron chi connectivity index (χ1n) is 8.19. The van der Waals surface area contributed by atoms with E-state index in [2.05, 4.69) is 5.32 Å². The summed E-state index contributed by atoms with van der Waals surface area (Å²) >= 11 is 0. The number of aryl methyl sites for hydroxylation is 3. The van der Waals surface area contributed by atoms with Crippen LogP contribution < -0.4 is 5.32 Å². The third kappa shape index (κ3) is 5.31. The molecule has 2 aromatic carbocycles. The Labute approximate surface area is 148 Å². The van der Waals surface area contributed by atoms with E-state index in [1.54, 1.807) is 13.0 Å². The molecule has 0 aromatic heterocycles. The minimum absolute atomic E-state index is 0.352. The molecule has 2 rings (SSSR count). The number of amides is 1. The average molecular weight is 337 g/mol. The van der Waals surface area contributed by atoms with Crippen LogP contribution in [0.1, 0.15) is 29.2 Å². The summed E-state index contributed by atoms with van der Waals surface area (Å²) < 4.78 is 5.17. The van der Waals surface area contributed by atoms with Gasteiger partial charge in [-0.05, 0) is 50.5 Å². The summed E-state index contributed by atoms with van der Waals surface area (Å²) in [5.41, 5.74) is 4.73. The number of anilines is 1. The SMILES string of the molecule is Cc1ccc(/C=C/C(=O)OC(C)C(=O)Nc2c(C)cccc2C)cc1. The Morgan fingerprint density at radius 3 is 2.20 bits per heavy atom. The maximum atomic E-state index is 12.3. The molecule has 4 heteroatoms. The lowest BCUT2D eigenvalue weighted by molar-refractivity contribution is -0.148. The molecule has 0 aliphatic heterocycles. The van der Waals surface area contributed by atoms with E-state index in [0.29, 0.717) is 0 Å². The summed E-state index contributed by atoms with van der Waals surface area (Å²) in [5, 5.41) is 2.82. The summed E-state index contributed by atoms with van der Waals surface area (Å²) in [6, 6.07) is 13.5. The van der Waals surface area contributed by atoms with Gasteiger partial charge in [-0.1, -0.05) is 48.0 Å². The van der Waals surface area contributed by atoms with Crippen molar-refractivity contribution in [2.24, 2.45) is 0 Å². The van der Waals surface area contributed by atoms with E-state index >= 15 is 0 Å². The van der Waals surface area contributed by atoms with Crippen LogP contribution in [0.5, 0.6) is 0 Å². The van der Waals surface area contributed by atoms with Crippen molar-refractivity contribution in [3.8, 4) is 0 Å². The Morgan fingerprint density at radius 2 is 1.60 bits per heavy atom. The monoisotopic (exact) mass is 337 g/mol. The van der Waals surface area contributed by atoms with Gasteiger partial charge in [-0.15, -0.1) is 0 Å². The number of esters is 1. The van der Waals surface area contributed by atoms with E-state index in [0.717, 1.165) is 27.9 Å². The first-order chi connectivity index (χ1) is 11.9. The maximum Gasteiger partial charge on any atom is 0.331 e. The van der Waals surface area contributed by atoms with Crippen molar-refractivity contribution in [1.29, 1.82) is 0 Å². The molecule has 0 fully saturated rings. The number of ether oxygens (including phenoxy) is 1. The van der Waals surface area contributed by atoms with E-state index < -0.39 is 12.1 Å². The van der Waals surface area contributed by atoms with Crippen LogP contribution in [0.2, 0.25) is 0 Å². The highest BCUT2D eigenvalue weighted by Crippen LogP contribution is 2.19. The number of nitrogens with one attached hydrogen (secondary N) is 1. The summed E-state index contributed by atoms with van der Waals surface area (Å²) in [6.07, 6.45) is 2.11. The molecule has 0 aliphatic carbocycles. The zero-order chi connectivity index (χ0) is 18.4. The second-order valence-electron chi connectivity index (χ2n) is 6.08. The number of rotatable bonds is 5. The predicted octanol–water partition coefficient (Wildman–Crippen LogP) is 4.20. The van der Waals surface area contributed by atoms with Gasteiger partial charge >= 0.3 is 5.97 Å². The largest absolute Gasteiger partial charge is 0.449 e. The van der Waals surface area contributed by atoms with Gasteiger partial charge in [0.05, 0.1) is 0 Å². The molecule has 2 aromatic rings. The van der Waals surface area contributed by atoms with Crippen LogP contribution in [-0.2, 0) is 14.3 Å². The van der Waals surface area contributed by atoms with Crippen LogP contribution in [0, 0.1) is 20.8 Å². The second-order valence-corrected chi connectivity index (χ2v) is 6.08. The molecule has 130 valence electrons. The molecule has 1 amide bonds. The van der Waals surface area contributed by atoms with Gasteiger partial charge in [-0.2, -0.15) is 0 Å². The quantitative estimate of drug-likeness (QED) is 0.657. The number of hydrogen-bond donors (Lipinski definition) is 1. The zero-order valence-electron chi connectivity index (χ0n) is 15.0. The van der Waals surface area contributed by atoms with E-state index in [1.807, 2.05) is 63.2 Å². The van der Waals surface area contributed by atoms with Crippen LogP contribution in [0.25, 0.3) is 6.08 Å². The van der Waals surface area contributed by atoms with Gasteiger partial charge in [0.2, 0.25) is 0 Å². The molecule has 1 unspecified atom stereocenters. The minimum Gasteiger partial charge on any atom is -0.449 e. The summed E-state index contributed by atoms with van der Waals surface area (Å²) in [4.78, 5) is 24.1. The van der Waals surface area contributed by atoms with Crippen molar-refractivity contribution < 1.29 is 14.3 Å². The van der Waals surface area contributed by atoms with Gasteiger partial charge in [0, 0.05) is 11.8 Å². The number of hydrogen-bond acceptors (Lipinski definition) is 3. The summed E-state index contributed by atoms with van der Waals surface area (Å²) in [6.45, 7) is 7.39. The summed E-state index contributed by atoms with van der Waals surface area (Å²) in [7, 11) is 0. The van der Waals surface area contributed by atoms with Crippen LogP contribution in [0.4, 0.5) is 5.69 Å². The summed E-state index contributed by atoms with van der Waals surface area (Å²) in [5.74, 6) is -0.904. The predicted molar refractivity (Wildman–Crippen MR) is 100 cm³/mol. The molecule has 0 saturated carbocycles. The molecular weight excluding hydrogens is 314 g/mol. The van der Waals surface area contributed by atoms with E-state index in [4.69, 9.17) is 4.74 Å². The number of carbonyl (C=O) groups is 2. The lowest BCUT2D eigenvalue weighted by Gasteiger charge is -2.15.